The number of hydrogen-bond acceptors (Lipinski definition) is 4. The minimum Gasteiger partial charge on any atom is -0.486 e. The molecule has 1 aromatic carbocycles. The molecule has 0 unspecified atom stereocenters. The molecule has 0 atom stereocenters. The molecule has 0 saturated heterocycles. The predicted molar refractivity (Wildman–Crippen MR) is 70.1 cm³/mol. The molecule has 4 nitrogen and oxygen atoms in total. The zero-order valence-electron chi connectivity index (χ0n) is 11.3. The molecule has 1 aromatic rings. The smallest absolute Gasteiger partial charge is 0.165 e. The van der Waals surface area contributed by atoms with Crippen molar-refractivity contribution in [3.63, 3.8) is 0 Å². The summed E-state index contributed by atoms with van der Waals surface area (Å²) in [5.41, 5.74) is 0.403. The summed E-state index contributed by atoms with van der Waals surface area (Å²) in [5, 5.41) is 9.81. The second-order valence-electron chi connectivity index (χ2n) is 5.43. The van der Waals surface area contributed by atoms with Gasteiger partial charge in [0, 0.05) is 18.7 Å². The molecular formula is C14H21NO3. The molecule has 2 rings (SSSR count). The highest BCUT2D eigenvalue weighted by Gasteiger charge is 2.19. The summed E-state index contributed by atoms with van der Waals surface area (Å²) < 4.78 is 11.2. The lowest BCUT2D eigenvalue weighted by molar-refractivity contribution is 0.0420. The summed E-state index contributed by atoms with van der Waals surface area (Å²) in [5.74, 6) is 1.65. The topological polar surface area (TPSA) is 41.9 Å². The Morgan fingerprint density at radius 3 is 2.72 bits per heavy atom. The van der Waals surface area contributed by atoms with Crippen LogP contribution in [0.3, 0.4) is 0 Å². The van der Waals surface area contributed by atoms with Crippen molar-refractivity contribution >= 4 is 0 Å². The van der Waals surface area contributed by atoms with E-state index in [2.05, 4.69) is 4.90 Å². The summed E-state index contributed by atoms with van der Waals surface area (Å²) in [7, 11) is 1.99. The fourth-order valence-corrected chi connectivity index (χ4v) is 2.27. The minimum absolute atomic E-state index is 0.596. The highest BCUT2D eigenvalue weighted by molar-refractivity contribution is 5.47. The molecule has 0 bridgehead atoms. The second kappa shape index (κ2) is 5.16. The van der Waals surface area contributed by atoms with Gasteiger partial charge in [-0.2, -0.15) is 0 Å². The van der Waals surface area contributed by atoms with E-state index in [1.165, 1.54) is 0 Å². The number of likely N-dealkylation sites (N-methyl/N-ethyl adjacent to an activating group) is 1. The molecule has 0 aromatic heterocycles. The van der Waals surface area contributed by atoms with Crippen molar-refractivity contribution in [3.8, 4) is 11.5 Å². The van der Waals surface area contributed by atoms with Crippen LogP contribution >= 0.6 is 0 Å². The van der Waals surface area contributed by atoms with Crippen molar-refractivity contribution < 1.29 is 14.6 Å². The number of para-hydroxylation sites is 1. The zero-order valence-corrected chi connectivity index (χ0v) is 11.3. The van der Waals surface area contributed by atoms with Gasteiger partial charge in [-0.05, 0) is 27.0 Å². The standard InChI is InChI=1S/C14H21NO3/c1-14(2,16)10-15(3)9-11-5-4-6-12-13(11)18-8-7-17-12/h4-6,16H,7-10H2,1-3H3. The minimum atomic E-state index is -0.694. The van der Waals surface area contributed by atoms with Crippen LogP contribution in [0.4, 0.5) is 0 Å². The van der Waals surface area contributed by atoms with Gasteiger partial charge in [-0.1, -0.05) is 12.1 Å². The molecule has 0 fully saturated rings. The maximum Gasteiger partial charge on any atom is 0.165 e. The van der Waals surface area contributed by atoms with Crippen LogP contribution in [0.25, 0.3) is 0 Å². The van der Waals surface area contributed by atoms with E-state index in [-0.39, 0.29) is 0 Å². The molecule has 100 valence electrons. The van der Waals surface area contributed by atoms with E-state index < -0.39 is 5.60 Å². The van der Waals surface area contributed by atoms with E-state index in [1.807, 2.05) is 39.1 Å². The molecule has 0 saturated carbocycles. The maximum absolute atomic E-state index is 9.81. The number of benzene rings is 1. The van der Waals surface area contributed by atoms with E-state index in [4.69, 9.17) is 9.47 Å². The van der Waals surface area contributed by atoms with Crippen LogP contribution < -0.4 is 9.47 Å². The lowest BCUT2D eigenvalue weighted by atomic mass is 10.1. The van der Waals surface area contributed by atoms with Crippen molar-refractivity contribution in [2.75, 3.05) is 26.8 Å². The van der Waals surface area contributed by atoms with Gasteiger partial charge in [0.25, 0.3) is 0 Å². The number of fused-ring (bicyclic) bond motifs is 1. The maximum atomic E-state index is 9.81. The van der Waals surface area contributed by atoms with E-state index in [0.29, 0.717) is 19.8 Å². The average Bonchev–Trinajstić information content (AvgIpc) is 2.27. The molecule has 0 spiro atoms. The first-order valence-electron chi connectivity index (χ1n) is 6.24. The Bertz CT molecular complexity index is 412. The summed E-state index contributed by atoms with van der Waals surface area (Å²) in [6, 6.07) is 5.93. The number of ether oxygens (including phenoxy) is 2. The van der Waals surface area contributed by atoms with E-state index >= 15 is 0 Å². The number of nitrogens with zero attached hydrogens (tertiary/aromatic N) is 1. The Balaban J connectivity index is 2.09. The molecular weight excluding hydrogens is 230 g/mol. The molecule has 0 aliphatic carbocycles. The molecule has 4 heteroatoms. The van der Waals surface area contributed by atoms with Gasteiger partial charge in [-0.15, -0.1) is 0 Å². The van der Waals surface area contributed by atoms with Crippen LogP contribution in [0.5, 0.6) is 11.5 Å². The Kier molecular flexibility index (Phi) is 3.78. The molecule has 1 N–H and O–H groups in total. The van der Waals surface area contributed by atoms with Crippen LogP contribution in [0.2, 0.25) is 0 Å². The third-order valence-electron chi connectivity index (χ3n) is 2.74. The van der Waals surface area contributed by atoms with Gasteiger partial charge >= 0.3 is 0 Å². The zero-order chi connectivity index (χ0) is 13.2. The van der Waals surface area contributed by atoms with Crippen molar-refractivity contribution in [2.45, 2.75) is 26.0 Å². The van der Waals surface area contributed by atoms with E-state index in [0.717, 1.165) is 23.6 Å². The first-order valence-corrected chi connectivity index (χ1v) is 6.24. The van der Waals surface area contributed by atoms with Crippen molar-refractivity contribution in [2.24, 2.45) is 0 Å². The van der Waals surface area contributed by atoms with Crippen molar-refractivity contribution in [1.29, 1.82) is 0 Å². The van der Waals surface area contributed by atoms with Crippen LogP contribution in [0, 0.1) is 0 Å². The van der Waals surface area contributed by atoms with Gasteiger partial charge in [0.1, 0.15) is 13.2 Å². The summed E-state index contributed by atoms with van der Waals surface area (Å²) in [6.45, 7) is 6.16. The Morgan fingerprint density at radius 2 is 2.00 bits per heavy atom. The highest BCUT2D eigenvalue weighted by atomic mass is 16.6. The van der Waals surface area contributed by atoms with Crippen LogP contribution in [0.1, 0.15) is 19.4 Å². The van der Waals surface area contributed by atoms with Gasteiger partial charge in [-0.3, -0.25) is 4.90 Å². The second-order valence-corrected chi connectivity index (χ2v) is 5.43. The Labute approximate surface area is 108 Å². The SMILES string of the molecule is CN(Cc1cccc2c1OCCO2)CC(C)(C)O. The number of rotatable bonds is 4. The number of hydrogen-bond donors (Lipinski definition) is 1. The molecule has 18 heavy (non-hydrogen) atoms. The molecule has 1 aliphatic rings. The first-order chi connectivity index (χ1) is 8.46. The van der Waals surface area contributed by atoms with Gasteiger partial charge in [0.05, 0.1) is 5.60 Å². The molecule has 1 heterocycles. The lowest BCUT2D eigenvalue weighted by Gasteiger charge is -2.27. The van der Waals surface area contributed by atoms with E-state index in [1.54, 1.807) is 0 Å². The van der Waals surface area contributed by atoms with Gasteiger partial charge < -0.3 is 14.6 Å². The van der Waals surface area contributed by atoms with Gasteiger partial charge in [0.2, 0.25) is 0 Å². The third kappa shape index (κ3) is 3.37. The van der Waals surface area contributed by atoms with Crippen LogP contribution in [-0.2, 0) is 6.54 Å². The average molecular weight is 251 g/mol. The van der Waals surface area contributed by atoms with Gasteiger partial charge in [0.15, 0.2) is 11.5 Å². The first kappa shape index (κ1) is 13.2. The summed E-state index contributed by atoms with van der Waals surface area (Å²) in [6.07, 6.45) is 0. The normalized spacial score (nSPS) is 14.9. The molecule has 1 aliphatic heterocycles. The van der Waals surface area contributed by atoms with Crippen molar-refractivity contribution in [1.82, 2.24) is 4.90 Å². The van der Waals surface area contributed by atoms with E-state index in [9.17, 15) is 5.11 Å². The summed E-state index contributed by atoms with van der Waals surface area (Å²) >= 11 is 0. The molecule has 0 radical (unpaired) electrons. The quantitative estimate of drug-likeness (QED) is 0.883. The van der Waals surface area contributed by atoms with Crippen molar-refractivity contribution in [3.05, 3.63) is 23.8 Å². The highest BCUT2D eigenvalue weighted by Crippen LogP contribution is 2.34. The lowest BCUT2D eigenvalue weighted by Crippen LogP contribution is -2.36. The monoisotopic (exact) mass is 251 g/mol. The Morgan fingerprint density at radius 1 is 1.28 bits per heavy atom. The third-order valence-corrected chi connectivity index (χ3v) is 2.74. The fraction of sp³-hybridized carbons (Fsp3) is 0.571. The number of aliphatic hydroxyl groups is 1. The molecule has 0 amide bonds. The summed E-state index contributed by atoms with van der Waals surface area (Å²) in [4.78, 5) is 2.08. The fourth-order valence-electron chi connectivity index (χ4n) is 2.27. The Hall–Kier alpha value is -1.26. The largest absolute Gasteiger partial charge is 0.486 e. The van der Waals surface area contributed by atoms with Gasteiger partial charge in [-0.25, -0.2) is 0 Å². The van der Waals surface area contributed by atoms with Crippen LogP contribution in [-0.4, -0.2) is 42.4 Å². The predicted octanol–water partition coefficient (Wildman–Crippen LogP) is 1.66. The van der Waals surface area contributed by atoms with Crippen LogP contribution in [0.15, 0.2) is 18.2 Å².